The molecule has 0 aliphatic heterocycles. The number of aryl methyl sites for hydroxylation is 1. The third-order valence-electron chi connectivity index (χ3n) is 4.04. The molecule has 4 rings (SSSR count). The third-order valence-corrected chi connectivity index (χ3v) is 4.62. The molecule has 1 aromatic carbocycles. The van der Waals surface area contributed by atoms with E-state index in [1.807, 2.05) is 6.92 Å². The second-order valence-corrected chi connectivity index (χ2v) is 6.84. The molecule has 3 aromatic heterocycles. The summed E-state index contributed by atoms with van der Waals surface area (Å²) in [6.45, 7) is 1.63. The number of pyridine rings is 1. The molecule has 0 bridgehead atoms. The Morgan fingerprint density at radius 2 is 1.86 bits per heavy atom. The van der Waals surface area contributed by atoms with Gasteiger partial charge in [-0.2, -0.15) is 5.10 Å². The van der Waals surface area contributed by atoms with Crippen molar-refractivity contribution in [1.29, 1.82) is 0 Å². The van der Waals surface area contributed by atoms with Gasteiger partial charge in [0.1, 0.15) is 29.2 Å². The fourth-order valence-electron chi connectivity index (χ4n) is 2.76. The fourth-order valence-corrected chi connectivity index (χ4v) is 3.47. The van der Waals surface area contributed by atoms with Crippen molar-refractivity contribution >= 4 is 58.1 Å². The standard InChI is InChI=1S/C18H13Cl2FN6O.ClH/c1-9-2-15(24-8-23-9)25-18-11-6-27(26-16(11)14(21)5-22-18)17-12(19)3-10(7-28)4-13(17)20;/h2-6,8,28H,7H2,1H3,(H,22,23,24,25);1H. The zero-order chi connectivity index (χ0) is 19.8. The van der Waals surface area contributed by atoms with Crippen molar-refractivity contribution in [3.63, 3.8) is 0 Å². The normalized spacial score (nSPS) is 10.8. The van der Waals surface area contributed by atoms with Gasteiger partial charge < -0.3 is 10.4 Å². The number of aliphatic hydroxyl groups is 1. The van der Waals surface area contributed by atoms with Crippen LogP contribution in [0.2, 0.25) is 10.0 Å². The molecular weight excluding hydrogens is 442 g/mol. The zero-order valence-electron chi connectivity index (χ0n) is 14.9. The predicted octanol–water partition coefficient (Wildman–Crippen LogP) is 4.62. The van der Waals surface area contributed by atoms with E-state index in [0.717, 1.165) is 11.9 Å². The number of aromatic nitrogens is 5. The van der Waals surface area contributed by atoms with Crippen LogP contribution in [0, 0.1) is 12.7 Å². The lowest BCUT2D eigenvalue weighted by Crippen LogP contribution is -1.98. The number of halogens is 4. The Hall–Kier alpha value is -2.52. The first kappa shape index (κ1) is 21.2. The van der Waals surface area contributed by atoms with Gasteiger partial charge in [-0.05, 0) is 24.6 Å². The minimum atomic E-state index is -0.586. The van der Waals surface area contributed by atoms with E-state index in [0.29, 0.717) is 28.3 Å². The lowest BCUT2D eigenvalue weighted by molar-refractivity contribution is 0.282. The maximum atomic E-state index is 14.3. The number of anilines is 2. The number of aliphatic hydroxyl groups excluding tert-OH is 1. The van der Waals surface area contributed by atoms with Gasteiger partial charge in [-0.1, -0.05) is 23.2 Å². The molecule has 7 nitrogen and oxygen atoms in total. The Kier molecular flexibility index (Phi) is 6.18. The molecular formula is C18H14Cl3FN6O. The van der Waals surface area contributed by atoms with E-state index in [2.05, 4.69) is 25.4 Å². The molecule has 150 valence electrons. The number of hydrogen-bond donors (Lipinski definition) is 2. The Bertz CT molecular complexity index is 1180. The molecule has 0 saturated carbocycles. The molecule has 11 heteroatoms. The van der Waals surface area contributed by atoms with E-state index in [1.54, 1.807) is 24.4 Å². The summed E-state index contributed by atoms with van der Waals surface area (Å²) in [5.41, 5.74) is 1.81. The number of nitrogens with zero attached hydrogens (tertiary/aromatic N) is 5. The van der Waals surface area contributed by atoms with Crippen LogP contribution in [0.4, 0.5) is 16.0 Å². The summed E-state index contributed by atoms with van der Waals surface area (Å²) in [6.07, 6.45) is 4.08. The molecule has 0 saturated heterocycles. The van der Waals surface area contributed by atoms with Crippen molar-refractivity contribution in [3.05, 3.63) is 64.0 Å². The highest BCUT2D eigenvalue weighted by atomic mass is 35.5. The van der Waals surface area contributed by atoms with E-state index >= 15 is 0 Å². The van der Waals surface area contributed by atoms with Crippen LogP contribution in [0.5, 0.6) is 0 Å². The van der Waals surface area contributed by atoms with Gasteiger partial charge in [-0.25, -0.2) is 24.0 Å². The zero-order valence-corrected chi connectivity index (χ0v) is 17.2. The van der Waals surface area contributed by atoms with E-state index in [1.165, 1.54) is 11.0 Å². The van der Waals surface area contributed by atoms with Gasteiger partial charge in [0.25, 0.3) is 0 Å². The highest BCUT2D eigenvalue weighted by molar-refractivity contribution is 6.37. The summed E-state index contributed by atoms with van der Waals surface area (Å²) in [5, 5.41) is 17.6. The van der Waals surface area contributed by atoms with E-state index < -0.39 is 5.82 Å². The monoisotopic (exact) mass is 454 g/mol. The van der Waals surface area contributed by atoms with Crippen molar-refractivity contribution in [1.82, 2.24) is 24.7 Å². The van der Waals surface area contributed by atoms with Gasteiger partial charge in [0.15, 0.2) is 5.82 Å². The Morgan fingerprint density at radius 3 is 2.52 bits per heavy atom. The smallest absolute Gasteiger partial charge is 0.169 e. The van der Waals surface area contributed by atoms with Crippen LogP contribution in [0.1, 0.15) is 11.3 Å². The van der Waals surface area contributed by atoms with Crippen LogP contribution in [-0.2, 0) is 6.61 Å². The SMILES string of the molecule is Cc1cc(Nc2ncc(F)c3nn(-c4c(Cl)cc(CO)cc4Cl)cc23)ncn1.Cl. The van der Waals surface area contributed by atoms with Crippen LogP contribution in [0.25, 0.3) is 16.6 Å². The van der Waals surface area contributed by atoms with Gasteiger partial charge in [-0.15, -0.1) is 12.4 Å². The average molecular weight is 456 g/mol. The van der Waals surface area contributed by atoms with Gasteiger partial charge in [0.05, 0.1) is 28.2 Å². The van der Waals surface area contributed by atoms with Gasteiger partial charge in [0.2, 0.25) is 0 Å². The minimum absolute atomic E-state index is 0. The molecule has 0 aliphatic carbocycles. The molecule has 0 radical (unpaired) electrons. The number of rotatable bonds is 4. The Labute approximate surface area is 180 Å². The first-order valence-corrected chi connectivity index (χ1v) is 8.90. The lowest BCUT2D eigenvalue weighted by Gasteiger charge is -2.08. The molecule has 29 heavy (non-hydrogen) atoms. The van der Waals surface area contributed by atoms with Crippen molar-refractivity contribution in [3.8, 4) is 5.69 Å². The molecule has 4 aromatic rings. The highest BCUT2D eigenvalue weighted by Crippen LogP contribution is 2.33. The van der Waals surface area contributed by atoms with Crippen LogP contribution >= 0.6 is 35.6 Å². The maximum Gasteiger partial charge on any atom is 0.169 e. The second-order valence-electron chi connectivity index (χ2n) is 6.03. The average Bonchev–Trinajstić information content (AvgIpc) is 3.09. The van der Waals surface area contributed by atoms with Crippen LogP contribution in [0.3, 0.4) is 0 Å². The van der Waals surface area contributed by atoms with Crippen molar-refractivity contribution in [2.24, 2.45) is 0 Å². The Morgan fingerprint density at radius 1 is 1.14 bits per heavy atom. The Balaban J connectivity index is 0.00000240. The van der Waals surface area contributed by atoms with E-state index in [4.69, 9.17) is 23.2 Å². The minimum Gasteiger partial charge on any atom is -0.392 e. The van der Waals surface area contributed by atoms with Gasteiger partial charge in [0, 0.05) is 18.0 Å². The molecule has 0 spiro atoms. The van der Waals surface area contributed by atoms with E-state index in [9.17, 15) is 9.50 Å². The summed E-state index contributed by atoms with van der Waals surface area (Å²) in [6, 6.07) is 4.89. The predicted molar refractivity (Wildman–Crippen MR) is 112 cm³/mol. The molecule has 3 heterocycles. The molecule has 0 fully saturated rings. The summed E-state index contributed by atoms with van der Waals surface area (Å²) in [7, 11) is 0. The summed E-state index contributed by atoms with van der Waals surface area (Å²) in [4.78, 5) is 12.3. The molecule has 0 unspecified atom stereocenters. The van der Waals surface area contributed by atoms with E-state index in [-0.39, 0.29) is 34.6 Å². The highest BCUT2D eigenvalue weighted by Gasteiger charge is 2.17. The number of nitrogens with one attached hydrogen (secondary N) is 1. The van der Waals surface area contributed by atoms with Crippen molar-refractivity contribution in [2.45, 2.75) is 13.5 Å². The lowest BCUT2D eigenvalue weighted by atomic mass is 10.2. The van der Waals surface area contributed by atoms with Crippen LogP contribution in [-0.4, -0.2) is 29.8 Å². The van der Waals surface area contributed by atoms with Crippen LogP contribution in [0.15, 0.2) is 36.9 Å². The first-order valence-electron chi connectivity index (χ1n) is 8.15. The third kappa shape index (κ3) is 4.11. The van der Waals surface area contributed by atoms with Crippen molar-refractivity contribution < 1.29 is 9.50 Å². The number of hydrogen-bond acceptors (Lipinski definition) is 6. The molecule has 0 aliphatic rings. The van der Waals surface area contributed by atoms with Gasteiger partial charge >= 0.3 is 0 Å². The maximum absolute atomic E-state index is 14.3. The van der Waals surface area contributed by atoms with Gasteiger partial charge in [-0.3, -0.25) is 0 Å². The molecule has 0 atom stereocenters. The van der Waals surface area contributed by atoms with Crippen molar-refractivity contribution in [2.75, 3.05) is 5.32 Å². The summed E-state index contributed by atoms with van der Waals surface area (Å²) >= 11 is 12.6. The number of fused-ring (bicyclic) bond motifs is 1. The molecule has 2 N–H and O–H groups in total. The summed E-state index contributed by atoms with van der Waals surface area (Å²) in [5.74, 6) is 0.307. The molecule has 0 amide bonds. The second kappa shape index (κ2) is 8.46. The largest absolute Gasteiger partial charge is 0.392 e. The summed E-state index contributed by atoms with van der Waals surface area (Å²) < 4.78 is 15.7. The number of benzene rings is 1. The van der Waals surface area contributed by atoms with Crippen LogP contribution < -0.4 is 5.32 Å². The quantitative estimate of drug-likeness (QED) is 0.467. The first-order chi connectivity index (χ1) is 13.5. The topological polar surface area (TPSA) is 88.8 Å². The fraction of sp³-hybridized carbons (Fsp3) is 0.111.